The van der Waals surface area contributed by atoms with Gasteiger partial charge in [-0.25, -0.2) is 9.78 Å². The van der Waals surface area contributed by atoms with Crippen molar-refractivity contribution in [1.82, 2.24) is 9.55 Å². The van der Waals surface area contributed by atoms with E-state index in [1.54, 1.807) is 13.3 Å². The van der Waals surface area contributed by atoms with E-state index in [2.05, 4.69) is 4.98 Å². The van der Waals surface area contributed by atoms with Crippen molar-refractivity contribution < 1.29 is 14.6 Å². The summed E-state index contributed by atoms with van der Waals surface area (Å²) < 4.78 is 7.28. The summed E-state index contributed by atoms with van der Waals surface area (Å²) in [6, 6.07) is 9.78. The van der Waals surface area contributed by atoms with Crippen LogP contribution in [-0.2, 0) is 4.74 Å². The van der Waals surface area contributed by atoms with Gasteiger partial charge in [-0.05, 0) is 32.1 Å². The molecule has 0 radical (unpaired) electrons. The highest BCUT2D eigenvalue weighted by Gasteiger charge is 2.44. The summed E-state index contributed by atoms with van der Waals surface area (Å²) in [5, 5.41) is 11.6. The molecule has 2 saturated carbocycles. The molecule has 0 amide bonds. The zero-order valence-electron chi connectivity index (χ0n) is 15.9. The molecule has 144 valence electrons. The van der Waals surface area contributed by atoms with E-state index in [-0.39, 0.29) is 6.04 Å². The Morgan fingerprint density at radius 1 is 1.26 bits per heavy atom. The fourth-order valence-electron chi connectivity index (χ4n) is 4.49. The van der Waals surface area contributed by atoms with Crippen molar-refractivity contribution in [3.8, 4) is 11.3 Å². The predicted molar refractivity (Wildman–Crippen MR) is 103 cm³/mol. The lowest BCUT2D eigenvalue weighted by Crippen LogP contribution is -2.42. The number of nitrogens with zero attached hydrogens (tertiary/aromatic N) is 2. The standard InChI is InChI=1S/C22H28N2O3/c1-2-27-21(25)19-20(17-8-4-3-5-9-17)24(15-23-19)18-10-6-7-13-22(18,26)14-16-11-12-16/h3-5,8-9,15-16,18,26H,2,6-7,10-14H2,1H3/t18-,22-/m1/s1. The van der Waals surface area contributed by atoms with E-state index in [1.165, 1.54) is 12.8 Å². The molecule has 1 aromatic carbocycles. The van der Waals surface area contributed by atoms with Gasteiger partial charge in [0.25, 0.3) is 0 Å². The van der Waals surface area contributed by atoms with Crippen LogP contribution in [0.25, 0.3) is 11.3 Å². The van der Waals surface area contributed by atoms with Crippen molar-refractivity contribution >= 4 is 5.97 Å². The number of aromatic nitrogens is 2. The van der Waals surface area contributed by atoms with E-state index in [0.717, 1.165) is 43.4 Å². The number of aliphatic hydroxyl groups is 1. The number of rotatable bonds is 6. The third-order valence-electron chi connectivity index (χ3n) is 5.94. The molecule has 0 saturated heterocycles. The average Bonchev–Trinajstić information content (AvgIpc) is 3.36. The molecule has 4 rings (SSSR count). The monoisotopic (exact) mass is 368 g/mol. The summed E-state index contributed by atoms with van der Waals surface area (Å²) in [7, 11) is 0. The molecule has 2 fully saturated rings. The van der Waals surface area contributed by atoms with Crippen molar-refractivity contribution in [3.05, 3.63) is 42.4 Å². The Bertz CT molecular complexity index is 797. The van der Waals surface area contributed by atoms with E-state index >= 15 is 0 Å². The number of hydrogen-bond donors (Lipinski definition) is 1. The van der Waals surface area contributed by atoms with Gasteiger partial charge in [-0.3, -0.25) is 0 Å². The van der Waals surface area contributed by atoms with Crippen LogP contribution in [0.1, 0.15) is 68.4 Å². The maximum Gasteiger partial charge on any atom is 0.359 e. The molecule has 2 aliphatic rings. The highest BCUT2D eigenvalue weighted by atomic mass is 16.5. The number of hydrogen-bond acceptors (Lipinski definition) is 4. The fraction of sp³-hybridized carbons (Fsp3) is 0.545. The Labute approximate surface area is 160 Å². The fourth-order valence-corrected chi connectivity index (χ4v) is 4.49. The Kier molecular flexibility index (Phi) is 5.04. The summed E-state index contributed by atoms with van der Waals surface area (Å²) >= 11 is 0. The number of esters is 1. The quantitative estimate of drug-likeness (QED) is 0.769. The van der Waals surface area contributed by atoms with Gasteiger partial charge in [0.1, 0.15) is 0 Å². The Morgan fingerprint density at radius 3 is 2.74 bits per heavy atom. The van der Waals surface area contributed by atoms with Crippen molar-refractivity contribution in [2.24, 2.45) is 5.92 Å². The molecular weight excluding hydrogens is 340 g/mol. The van der Waals surface area contributed by atoms with E-state index < -0.39 is 11.6 Å². The summed E-state index contributed by atoms with van der Waals surface area (Å²) in [4.78, 5) is 16.9. The van der Waals surface area contributed by atoms with Gasteiger partial charge < -0.3 is 14.4 Å². The van der Waals surface area contributed by atoms with Crippen LogP contribution in [0, 0.1) is 5.92 Å². The van der Waals surface area contributed by atoms with Crippen LogP contribution in [0.4, 0.5) is 0 Å². The van der Waals surface area contributed by atoms with E-state index in [1.807, 2.05) is 34.9 Å². The number of carbonyl (C=O) groups excluding carboxylic acids is 1. The van der Waals surface area contributed by atoms with Crippen LogP contribution < -0.4 is 0 Å². The maximum atomic E-state index is 12.5. The van der Waals surface area contributed by atoms with E-state index in [0.29, 0.717) is 18.2 Å². The van der Waals surface area contributed by atoms with E-state index in [9.17, 15) is 9.90 Å². The Morgan fingerprint density at radius 2 is 2.04 bits per heavy atom. The Balaban J connectivity index is 1.78. The number of ether oxygens (including phenoxy) is 1. The third kappa shape index (κ3) is 3.65. The SMILES string of the molecule is CCOC(=O)c1ncn([C@@H]2CCCC[C@@]2(O)CC2CC2)c1-c1ccccc1. The van der Waals surface area contributed by atoms with Crippen molar-refractivity contribution in [3.63, 3.8) is 0 Å². The van der Waals surface area contributed by atoms with Crippen LogP contribution in [-0.4, -0.2) is 32.8 Å². The molecule has 2 atom stereocenters. The molecule has 1 heterocycles. The number of benzene rings is 1. The minimum absolute atomic E-state index is 0.0577. The lowest BCUT2D eigenvalue weighted by Gasteiger charge is -2.41. The molecular formula is C22H28N2O3. The first kappa shape index (κ1) is 18.2. The molecule has 1 aromatic heterocycles. The van der Waals surface area contributed by atoms with Crippen LogP contribution in [0.2, 0.25) is 0 Å². The third-order valence-corrected chi connectivity index (χ3v) is 5.94. The molecule has 0 spiro atoms. The largest absolute Gasteiger partial charge is 0.461 e. The van der Waals surface area contributed by atoms with Crippen molar-refractivity contribution in [1.29, 1.82) is 0 Å². The smallest absolute Gasteiger partial charge is 0.359 e. The minimum Gasteiger partial charge on any atom is -0.461 e. The summed E-state index contributed by atoms with van der Waals surface area (Å²) in [5.41, 5.74) is 1.30. The summed E-state index contributed by atoms with van der Waals surface area (Å²) in [6.07, 6.45) is 8.87. The Hall–Kier alpha value is -2.14. The predicted octanol–water partition coefficient (Wildman–Crippen LogP) is 4.37. The molecule has 0 bridgehead atoms. The van der Waals surface area contributed by atoms with Gasteiger partial charge in [0, 0.05) is 5.56 Å². The van der Waals surface area contributed by atoms with Crippen LogP contribution in [0.3, 0.4) is 0 Å². The van der Waals surface area contributed by atoms with Crippen LogP contribution in [0.5, 0.6) is 0 Å². The topological polar surface area (TPSA) is 64.3 Å². The number of carbonyl (C=O) groups is 1. The van der Waals surface area contributed by atoms with Gasteiger partial charge in [-0.15, -0.1) is 0 Å². The summed E-state index contributed by atoms with van der Waals surface area (Å²) in [5.74, 6) is 0.237. The minimum atomic E-state index is -0.727. The second kappa shape index (κ2) is 7.47. The average molecular weight is 368 g/mol. The van der Waals surface area contributed by atoms with Gasteiger partial charge in [0.15, 0.2) is 5.69 Å². The molecule has 2 aliphatic carbocycles. The van der Waals surface area contributed by atoms with Crippen molar-refractivity contribution in [2.45, 2.75) is 63.5 Å². The highest BCUT2D eigenvalue weighted by Crippen LogP contribution is 2.48. The van der Waals surface area contributed by atoms with Gasteiger partial charge in [-0.2, -0.15) is 0 Å². The number of imidazole rings is 1. The molecule has 1 N–H and O–H groups in total. The normalized spacial score (nSPS) is 25.3. The molecule has 5 nitrogen and oxygen atoms in total. The lowest BCUT2D eigenvalue weighted by molar-refractivity contribution is -0.0518. The van der Waals surface area contributed by atoms with Gasteiger partial charge in [0.2, 0.25) is 0 Å². The zero-order valence-corrected chi connectivity index (χ0v) is 15.9. The first-order chi connectivity index (χ1) is 13.1. The highest BCUT2D eigenvalue weighted by molar-refractivity contribution is 5.94. The van der Waals surface area contributed by atoms with Gasteiger partial charge in [-0.1, -0.05) is 56.0 Å². The van der Waals surface area contributed by atoms with Crippen LogP contribution in [0.15, 0.2) is 36.7 Å². The van der Waals surface area contributed by atoms with Crippen molar-refractivity contribution in [2.75, 3.05) is 6.61 Å². The first-order valence-electron chi connectivity index (χ1n) is 10.1. The van der Waals surface area contributed by atoms with Gasteiger partial charge >= 0.3 is 5.97 Å². The molecule has 0 aliphatic heterocycles. The first-order valence-corrected chi connectivity index (χ1v) is 10.1. The van der Waals surface area contributed by atoms with Crippen LogP contribution >= 0.6 is 0 Å². The molecule has 27 heavy (non-hydrogen) atoms. The molecule has 2 aromatic rings. The lowest BCUT2D eigenvalue weighted by atomic mass is 9.76. The second-order valence-electron chi connectivity index (χ2n) is 7.95. The zero-order chi connectivity index (χ0) is 18.9. The summed E-state index contributed by atoms with van der Waals surface area (Å²) in [6.45, 7) is 2.11. The second-order valence-corrected chi connectivity index (χ2v) is 7.95. The van der Waals surface area contributed by atoms with Gasteiger partial charge in [0.05, 0.1) is 30.3 Å². The maximum absolute atomic E-state index is 12.5. The molecule has 0 unspecified atom stereocenters. The van der Waals surface area contributed by atoms with E-state index in [4.69, 9.17) is 4.74 Å². The molecule has 5 heteroatoms.